The van der Waals surface area contributed by atoms with Crippen molar-refractivity contribution < 1.29 is 27.5 Å². The van der Waals surface area contributed by atoms with Crippen LogP contribution in [-0.2, 0) is 32.6 Å². The molecule has 224 valence electrons. The van der Waals surface area contributed by atoms with E-state index in [1.54, 1.807) is 37.4 Å². The maximum Gasteiger partial charge on any atom is 0.244 e. The van der Waals surface area contributed by atoms with E-state index < -0.39 is 28.5 Å². The molecule has 1 N–H and O–H groups in total. The van der Waals surface area contributed by atoms with Gasteiger partial charge in [-0.05, 0) is 60.4 Å². The summed E-state index contributed by atoms with van der Waals surface area (Å²) in [6.07, 6.45) is 5.22. The molecule has 3 aromatic rings. The number of anilines is 1. The second-order valence-corrected chi connectivity index (χ2v) is 12.4. The lowest BCUT2D eigenvalue weighted by atomic mass is 10.0. The van der Waals surface area contributed by atoms with Gasteiger partial charge in [-0.25, -0.2) is 8.42 Å². The molecule has 0 aliphatic heterocycles. The fraction of sp³-hybridized carbons (Fsp3) is 0.375. The van der Waals surface area contributed by atoms with Crippen LogP contribution in [0.3, 0.4) is 0 Å². The van der Waals surface area contributed by atoms with E-state index in [0.29, 0.717) is 17.2 Å². The first-order valence-electron chi connectivity index (χ1n) is 14.1. The van der Waals surface area contributed by atoms with Gasteiger partial charge in [0.05, 0.1) is 26.2 Å². The van der Waals surface area contributed by atoms with Crippen LogP contribution in [0.5, 0.6) is 11.5 Å². The van der Waals surface area contributed by atoms with Crippen LogP contribution in [0.25, 0.3) is 0 Å². The van der Waals surface area contributed by atoms with Gasteiger partial charge in [-0.15, -0.1) is 0 Å². The molecule has 1 aliphatic carbocycles. The lowest BCUT2D eigenvalue weighted by molar-refractivity contribution is -0.140. The van der Waals surface area contributed by atoms with Crippen LogP contribution in [0.4, 0.5) is 5.69 Å². The zero-order chi connectivity index (χ0) is 30.1. The lowest BCUT2D eigenvalue weighted by Crippen LogP contribution is -2.54. The summed E-state index contributed by atoms with van der Waals surface area (Å²) in [4.78, 5) is 29.6. The second-order valence-electron chi connectivity index (χ2n) is 10.5. The van der Waals surface area contributed by atoms with E-state index in [1.807, 2.05) is 48.5 Å². The van der Waals surface area contributed by atoms with E-state index in [9.17, 15) is 18.0 Å². The van der Waals surface area contributed by atoms with Crippen LogP contribution in [0.2, 0.25) is 0 Å². The molecule has 4 rings (SSSR count). The number of benzene rings is 3. The minimum atomic E-state index is -3.85. The van der Waals surface area contributed by atoms with Crippen molar-refractivity contribution in [3.05, 3.63) is 90.0 Å². The number of nitrogens with zero attached hydrogens (tertiary/aromatic N) is 2. The number of rotatable bonds is 13. The average Bonchev–Trinajstić information content (AvgIpc) is 3.50. The van der Waals surface area contributed by atoms with Gasteiger partial charge in [-0.2, -0.15) is 0 Å². The summed E-state index contributed by atoms with van der Waals surface area (Å²) >= 11 is 0. The third-order valence-electron chi connectivity index (χ3n) is 7.50. The van der Waals surface area contributed by atoms with Crippen molar-refractivity contribution in [1.82, 2.24) is 10.2 Å². The predicted molar refractivity (Wildman–Crippen MR) is 163 cm³/mol. The molecule has 42 heavy (non-hydrogen) atoms. The van der Waals surface area contributed by atoms with Crippen LogP contribution < -0.4 is 19.1 Å². The van der Waals surface area contributed by atoms with Gasteiger partial charge in [0.15, 0.2) is 0 Å². The normalized spacial score (nSPS) is 14.2. The van der Waals surface area contributed by atoms with E-state index in [2.05, 4.69) is 5.32 Å². The maximum atomic E-state index is 14.2. The topological polar surface area (TPSA) is 105 Å². The Labute approximate surface area is 248 Å². The molecule has 0 saturated heterocycles. The predicted octanol–water partition coefficient (Wildman–Crippen LogP) is 4.17. The molecule has 1 atom stereocenters. The molecule has 0 heterocycles. The van der Waals surface area contributed by atoms with Crippen LogP contribution in [0, 0.1) is 0 Å². The quantitative estimate of drug-likeness (QED) is 0.319. The summed E-state index contributed by atoms with van der Waals surface area (Å²) in [5.74, 6) is 0.425. The monoisotopic (exact) mass is 593 g/mol. The van der Waals surface area contributed by atoms with Gasteiger partial charge in [0.2, 0.25) is 21.8 Å². The Morgan fingerprint density at radius 1 is 0.881 bits per heavy atom. The Bertz CT molecular complexity index is 1440. The number of carbonyl (C=O) groups is 2. The summed E-state index contributed by atoms with van der Waals surface area (Å²) in [6.45, 7) is -0.386. The zero-order valence-electron chi connectivity index (χ0n) is 24.4. The van der Waals surface area contributed by atoms with E-state index in [1.165, 1.54) is 12.0 Å². The molecule has 1 aliphatic rings. The van der Waals surface area contributed by atoms with Crippen molar-refractivity contribution in [2.75, 3.05) is 31.3 Å². The van der Waals surface area contributed by atoms with Crippen molar-refractivity contribution in [1.29, 1.82) is 0 Å². The number of ether oxygens (including phenoxy) is 2. The number of hydrogen-bond donors (Lipinski definition) is 1. The number of nitrogens with one attached hydrogen (secondary N) is 1. The van der Waals surface area contributed by atoms with Gasteiger partial charge < -0.3 is 19.7 Å². The van der Waals surface area contributed by atoms with Crippen LogP contribution in [-0.4, -0.2) is 64.2 Å². The summed E-state index contributed by atoms with van der Waals surface area (Å²) in [7, 11) is -0.764. The second kappa shape index (κ2) is 14.2. The molecule has 0 unspecified atom stereocenters. The van der Waals surface area contributed by atoms with E-state index >= 15 is 0 Å². The number of sulfonamides is 1. The highest BCUT2D eigenvalue weighted by Crippen LogP contribution is 2.24. The minimum absolute atomic E-state index is 0.0522. The molecular formula is C32H39N3O6S. The maximum absolute atomic E-state index is 14.2. The van der Waals surface area contributed by atoms with Crippen molar-refractivity contribution in [3.63, 3.8) is 0 Å². The van der Waals surface area contributed by atoms with Crippen LogP contribution in [0.15, 0.2) is 78.9 Å². The number of methoxy groups -OCH3 is 2. The Morgan fingerprint density at radius 3 is 2.14 bits per heavy atom. The third kappa shape index (κ3) is 8.25. The summed E-state index contributed by atoms with van der Waals surface area (Å²) in [5, 5.41) is 3.17. The van der Waals surface area contributed by atoms with Gasteiger partial charge in [0.25, 0.3) is 0 Å². The highest BCUT2D eigenvalue weighted by molar-refractivity contribution is 7.92. The van der Waals surface area contributed by atoms with Crippen molar-refractivity contribution >= 4 is 27.5 Å². The molecule has 1 fully saturated rings. The first-order valence-corrected chi connectivity index (χ1v) is 15.9. The summed E-state index contributed by atoms with van der Waals surface area (Å²) in [6, 6.07) is 22.5. The molecule has 0 radical (unpaired) electrons. The molecule has 0 bridgehead atoms. The molecule has 0 aromatic heterocycles. The smallest absolute Gasteiger partial charge is 0.244 e. The van der Waals surface area contributed by atoms with E-state index in [0.717, 1.165) is 47.4 Å². The van der Waals surface area contributed by atoms with E-state index in [4.69, 9.17) is 9.47 Å². The summed E-state index contributed by atoms with van der Waals surface area (Å²) < 4.78 is 37.5. The highest BCUT2D eigenvalue weighted by atomic mass is 32.2. The average molecular weight is 594 g/mol. The molecule has 0 spiro atoms. The Balaban J connectivity index is 1.72. The molecule has 3 aromatic carbocycles. The number of carbonyl (C=O) groups excluding carboxylic acids is 2. The Kier molecular flexibility index (Phi) is 10.5. The van der Waals surface area contributed by atoms with Gasteiger partial charge in [0.1, 0.15) is 24.1 Å². The van der Waals surface area contributed by atoms with E-state index in [-0.39, 0.29) is 24.9 Å². The molecule has 1 saturated carbocycles. The van der Waals surface area contributed by atoms with Gasteiger partial charge in [-0.3, -0.25) is 13.9 Å². The fourth-order valence-corrected chi connectivity index (χ4v) is 6.10. The first-order chi connectivity index (χ1) is 20.2. The number of amides is 2. The third-order valence-corrected chi connectivity index (χ3v) is 8.64. The Morgan fingerprint density at radius 2 is 1.52 bits per heavy atom. The van der Waals surface area contributed by atoms with Crippen LogP contribution >= 0.6 is 0 Å². The largest absolute Gasteiger partial charge is 0.497 e. The standard InChI is InChI=1S/C32H39N3O6S/c1-40-28-18-16-27(17-19-28)35(42(3,38)39)23-31(36)34(22-25-12-9-15-29(20-25)41-2)30(21-24-10-5-4-6-11-24)32(37)33-26-13-7-8-14-26/h4-6,9-12,15-20,26,30H,7-8,13-14,21-23H2,1-3H3,(H,33,37)/t30-/m1/s1. The Hall–Kier alpha value is -4.05. The molecule has 10 heteroatoms. The molecule has 9 nitrogen and oxygen atoms in total. The fourth-order valence-electron chi connectivity index (χ4n) is 5.25. The summed E-state index contributed by atoms with van der Waals surface area (Å²) in [5.41, 5.74) is 1.97. The van der Waals surface area contributed by atoms with Crippen molar-refractivity contribution in [2.45, 2.75) is 50.7 Å². The SMILES string of the molecule is COc1ccc(N(CC(=O)N(Cc2cccc(OC)c2)[C@H](Cc2ccccc2)C(=O)NC2CCCC2)S(C)(=O)=O)cc1. The zero-order valence-corrected chi connectivity index (χ0v) is 25.2. The van der Waals surface area contributed by atoms with Gasteiger partial charge in [-0.1, -0.05) is 55.3 Å². The lowest BCUT2D eigenvalue weighted by Gasteiger charge is -2.34. The number of hydrogen-bond acceptors (Lipinski definition) is 6. The minimum Gasteiger partial charge on any atom is -0.497 e. The van der Waals surface area contributed by atoms with Crippen molar-refractivity contribution in [2.24, 2.45) is 0 Å². The van der Waals surface area contributed by atoms with Crippen LogP contribution in [0.1, 0.15) is 36.8 Å². The van der Waals surface area contributed by atoms with Crippen molar-refractivity contribution in [3.8, 4) is 11.5 Å². The molecular weight excluding hydrogens is 554 g/mol. The van der Waals surface area contributed by atoms with Gasteiger partial charge >= 0.3 is 0 Å². The first kappa shape index (κ1) is 30.9. The highest BCUT2D eigenvalue weighted by Gasteiger charge is 2.34. The molecule has 2 amide bonds. The van der Waals surface area contributed by atoms with Gasteiger partial charge in [0, 0.05) is 19.0 Å².